The fourth-order valence-electron chi connectivity index (χ4n) is 3.51. The van der Waals surface area contributed by atoms with Crippen molar-refractivity contribution in [3.63, 3.8) is 0 Å². The lowest BCUT2D eigenvalue weighted by molar-refractivity contribution is -0.134. The first kappa shape index (κ1) is 15.5. The Balaban J connectivity index is 1.54. The highest BCUT2D eigenvalue weighted by Gasteiger charge is 2.29. The Kier molecular flexibility index (Phi) is 4.49. The van der Waals surface area contributed by atoms with Crippen molar-refractivity contribution < 1.29 is 4.79 Å². The van der Waals surface area contributed by atoms with Crippen molar-refractivity contribution in [1.82, 2.24) is 24.9 Å². The van der Waals surface area contributed by atoms with Crippen LogP contribution in [-0.4, -0.2) is 64.3 Å². The van der Waals surface area contributed by atoms with Gasteiger partial charge in [-0.05, 0) is 33.2 Å². The molecule has 1 amide bonds. The molecule has 1 atom stereocenters. The van der Waals surface area contributed by atoms with Crippen molar-refractivity contribution in [3.05, 3.63) is 17.0 Å². The zero-order valence-electron chi connectivity index (χ0n) is 13.9. The molecule has 0 spiro atoms. The van der Waals surface area contributed by atoms with E-state index in [-0.39, 0.29) is 6.04 Å². The number of hydrogen-bond donors (Lipinski definition) is 1. The molecule has 2 saturated heterocycles. The molecule has 6 heteroatoms. The van der Waals surface area contributed by atoms with Gasteiger partial charge in [0.1, 0.15) is 0 Å². The molecule has 0 saturated carbocycles. The van der Waals surface area contributed by atoms with Crippen LogP contribution in [-0.2, 0) is 18.4 Å². The second kappa shape index (κ2) is 6.38. The number of nitrogens with zero attached hydrogens (tertiary/aromatic N) is 4. The van der Waals surface area contributed by atoms with Gasteiger partial charge in [-0.1, -0.05) is 0 Å². The second-order valence-corrected chi connectivity index (χ2v) is 6.52. The molecule has 2 fully saturated rings. The van der Waals surface area contributed by atoms with Crippen molar-refractivity contribution in [3.8, 4) is 0 Å². The highest BCUT2D eigenvalue weighted by atomic mass is 16.2. The minimum absolute atomic E-state index is 0.0642. The predicted molar refractivity (Wildman–Crippen MR) is 85.6 cm³/mol. The van der Waals surface area contributed by atoms with Gasteiger partial charge in [0.05, 0.1) is 11.7 Å². The average molecular weight is 305 g/mol. The Morgan fingerprint density at radius 3 is 2.55 bits per heavy atom. The standard InChI is InChI=1S/C16H27N5O/c1-12-14(13(2)19(3)18-12)11-20-7-9-21(10-8-20)16(22)15-5-4-6-17-15/h15,17H,4-11H2,1-3H3/t15-/m0/s1. The molecule has 3 rings (SSSR count). The minimum atomic E-state index is 0.0642. The van der Waals surface area contributed by atoms with E-state index in [1.54, 1.807) is 0 Å². The van der Waals surface area contributed by atoms with E-state index < -0.39 is 0 Å². The third-order valence-corrected chi connectivity index (χ3v) is 5.08. The summed E-state index contributed by atoms with van der Waals surface area (Å²) in [6.45, 7) is 9.71. The van der Waals surface area contributed by atoms with E-state index in [0.717, 1.165) is 57.8 Å². The van der Waals surface area contributed by atoms with E-state index >= 15 is 0 Å². The smallest absolute Gasteiger partial charge is 0.239 e. The van der Waals surface area contributed by atoms with Gasteiger partial charge in [-0.3, -0.25) is 14.4 Å². The summed E-state index contributed by atoms with van der Waals surface area (Å²) in [5.74, 6) is 0.297. The van der Waals surface area contributed by atoms with E-state index in [9.17, 15) is 4.79 Å². The topological polar surface area (TPSA) is 53.4 Å². The van der Waals surface area contributed by atoms with Gasteiger partial charge in [0, 0.05) is 51.0 Å². The van der Waals surface area contributed by atoms with Crippen molar-refractivity contribution in [1.29, 1.82) is 0 Å². The maximum atomic E-state index is 12.4. The van der Waals surface area contributed by atoms with Gasteiger partial charge in [-0.15, -0.1) is 0 Å². The van der Waals surface area contributed by atoms with Crippen LogP contribution in [0.15, 0.2) is 0 Å². The molecule has 0 radical (unpaired) electrons. The fourth-order valence-corrected chi connectivity index (χ4v) is 3.51. The van der Waals surface area contributed by atoms with Gasteiger partial charge in [0.2, 0.25) is 5.91 Å². The van der Waals surface area contributed by atoms with Gasteiger partial charge in [-0.25, -0.2) is 0 Å². The maximum absolute atomic E-state index is 12.4. The number of aryl methyl sites for hydroxylation is 2. The summed E-state index contributed by atoms with van der Waals surface area (Å²) in [4.78, 5) is 16.9. The van der Waals surface area contributed by atoms with Crippen LogP contribution in [0.1, 0.15) is 29.8 Å². The third kappa shape index (κ3) is 3.03. The molecule has 1 N–H and O–H groups in total. The lowest BCUT2D eigenvalue weighted by atomic mass is 10.1. The van der Waals surface area contributed by atoms with Crippen LogP contribution in [0.3, 0.4) is 0 Å². The van der Waals surface area contributed by atoms with Gasteiger partial charge < -0.3 is 10.2 Å². The molecule has 0 bridgehead atoms. The summed E-state index contributed by atoms with van der Waals surface area (Å²) < 4.78 is 1.95. The van der Waals surface area contributed by atoms with Crippen molar-refractivity contribution in [2.24, 2.45) is 7.05 Å². The Bertz CT molecular complexity index is 539. The molecular formula is C16H27N5O. The minimum Gasteiger partial charge on any atom is -0.339 e. The fraction of sp³-hybridized carbons (Fsp3) is 0.750. The summed E-state index contributed by atoms with van der Waals surface area (Å²) in [6, 6.07) is 0.0642. The number of carbonyl (C=O) groups is 1. The van der Waals surface area contributed by atoms with Crippen LogP contribution in [0.4, 0.5) is 0 Å². The molecule has 22 heavy (non-hydrogen) atoms. The van der Waals surface area contributed by atoms with Crippen molar-refractivity contribution in [2.45, 2.75) is 39.3 Å². The molecule has 1 aromatic heterocycles. The van der Waals surface area contributed by atoms with Crippen LogP contribution < -0.4 is 5.32 Å². The first-order valence-electron chi connectivity index (χ1n) is 8.30. The van der Waals surface area contributed by atoms with Gasteiger partial charge in [0.15, 0.2) is 0 Å². The summed E-state index contributed by atoms with van der Waals surface area (Å²) in [7, 11) is 2.00. The van der Waals surface area contributed by atoms with Crippen LogP contribution in [0, 0.1) is 13.8 Å². The van der Waals surface area contributed by atoms with E-state index in [1.807, 2.05) is 16.6 Å². The number of aromatic nitrogens is 2. The van der Waals surface area contributed by atoms with Crippen molar-refractivity contribution in [2.75, 3.05) is 32.7 Å². The Hall–Kier alpha value is -1.40. The second-order valence-electron chi connectivity index (χ2n) is 6.52. The van der Waals surface area contributed by atoms with E-state index in [0.29, 0.717) is 5.91 Å². The molecule has 3 heterocycles. The average Bonchev–Trinajstić information content (AvgIpc) is 3.12. The monoisotopic (exact) mass is 305 g/mol. The normalized spacial score (nSPS) is 23.2. The molecule has 0 aromatic carbocycles. The highest BCUT2D eigenvalue weighted by Crippen LogP contribution is 2.17. The number of amides is 1. The molecule has 6 nitrogen and oxygen atoms in total. The SMILES string of the molecule is Cc1nn(C)c(C)c1CN1CCN(C(=O)[C@@H]2CCCN2)CC1. The third-order valence-electron chi connectivity index (χ3n) is 5.08. The van der Waals surface area contributed by atoms with E-state index in [4.69, 9.17) is 0 Å². The van der Waals surface area contributed by atoms with E-state index in [1.165, 1.54) is 11.3 Å². The Morgan fingerprint density at radius 1 is 1.27 bits per heavy atom. The van der Waals surface area contributed by atoms with Crippen LogP contribution in [0.5, 0.6) is 0 Å². The quantitative estimate of drug-likeness (QED) is 0.880. The molecule has 2 aliphatic rings. The lowest BCUT2D eigenvalue weighted by Crippen LogP contribution is -2.52. The summed E-state index contributed by atoms with van der Waals surface area (Å²) in [5.41, 5.74) is 3.69. The Morgan fingerprint density at radius 2 is 2.00 bits per heavy atom. The molecule has 0 aliphatic carbocycles. The zero-order valence-corrected chi connectivity index (χ0v) is 13.9. The molecule has 122 valence electrons. The van der Waals surface area contributed by atoms with Crippen molar-refractivity contribution >= 4 is 5.91 Å². The summed E-state index contributed by atoms with van der Waals surface area (Å²) in [6.07, 6.45) is 2.11. The molecule has 0 unspecified atom stereocenters. The molecule has 2 aliphatic heterocycles. The highest BCUT2D eigenvalue weighted by molar-refractivity contribution is 5.82. The van der Waals surface area contributed by atoms with Crippen LogP contribution >= 0.6 is 0 Å². The molecule has 1 aromatic rings. The zero-order chi connectivity index (χ0) is 15.7. The maximum Gasteiger partial charge on any atom is 0.239 e. The summed E-state index contributed by atoms with van der Waals surface area (Å²) in [5, 5.41) is 7.80. The first-order valence-corrected chi connectivity index (χ1v) is 8.30. The predicted octanol–water partition coefficient (Wildman–Crippen LogP) is 0.433. The van der Waals surface area contributed by atoms with Crippen LogP contribution in [0.2, 0.25) is 0 Å². The lowest BCUT2D eigenvalue weighted by Gasteiger charge is -2.36. The first-order chi connectivity index (χ1) is 10.6. The molecular weight excluding hydrogens is 278 g/mol. The summed E-state index contributed by atoms with van der Waals surface area (Å²) >= 11 is 0. The van der Waals surface area contributed by atoms with Gasteiger partial charge in [0.25, 0.3) is 0 Å². The van der Waals surface area contributed by atoms with Crippen LogP contribution in [0.25, 0.3) is 0 Å². The number of piperazine rings is 1. The van der Waals surface area contributed by atoms with Gasteiger partial charge in [-0.2, -0.15) is 5.10 Å². The van der Waals surface area contributed by atoms with Gasteiger partial charge >= 0.3 is 0 Å². The number of hydrogen-bond acceptors (Lipinski definition) is 4. The number of carbonyl (C=O) groups excluding carboxylic acids is 1. The van der Waals surface area contributed by atoms with E-state index in [2.05, 4.69) is 29.2 Å². The largest absolute Gasteiger partial charge is 0.339 e. The number of nitrogens with one attached hydrogen (secondary N) is 1. The number of rotatable bonds is 3. The Labute approximate surface area is 132 Å².